The predicted molar refractivity (Wildman–Crippen MR) is 74.1 cm³/mol. The van der Waals surface area contributed by atoms with Gasteiger partial charge in [-0.25, -0.2) is 0 Å². The number of hydrogen-bond donors (Lipinski definition) is 0. The van der Waals surface area contributed by atoms with Crippen LogP contribution in [-0.2, 0) is 6.42 Å². The second-order valence-electron chi connectivity index (χ2n) is 4.25. The van der Waals surface area contributed by atoms with Crippen LogP contribution in [0.25, 0.3) is 6.08 Å². The Hall–Kier alpha value is -1.03. The molecule has 0 bridgehead atoms. The molecule has 0 saturated heterocycles. The van der Waals surface area contributed by atoms with Gasteiger partial charge < -0.3 is 0 Å². The van der Waals surface area contributed by atoms with Crippen molar-refractivity contribution in [2.24, 2.45) is 0 Å². The summed E-state index contributed by atoms with van der Waals surface area (Å²) in [6, 6.07) is 19.7. The fourth-order valence-corrected chi connectivity index (χ4v) is 5.26. The van der Waals surface area contributed by atoms with Crippen molar-refractivity contribution < 1.29 is 0 Å². The van der Waals surface area contributed by atoms with Gasteiger partial charge in [0.15, 0.2) is 0 Å². The van der Waals surface area contributed by atoms with E-state index in [9.17, 15) is 0 Å². The Morgan fingerprint density at radius 2 is 1.65 bits per heavy atom. The van der Waals surface area contributed by atoms with Crippen LogP contribution in [0.15, 0.2) is 58.7 Å². The van der Waals surface area contributed by atoms with E-state index < -0.39 is 0 Å². The molecule has 0 aromatic heterocycles. The number of fused-ring (bicyclic) bond motifs is 1. The SMILES string of the molecule is C1=Cc2ccccc2C(Cc2ccccc2)[Te]1. The molecule has 0 N–H and O–H groups in total. The summed E-state index contributed by atoms with van der Waals surface area (Å²) >= 11 is -0.0293. The van der Waals surface area contributed by atoms with Crippen molar-refractivity contribution in [1.29, 1.82) is 0 Å². The van der Waals surface area contributed by atoms with E-state index >= 15 is 0 Å². The molecule has 84 valence electrons. The van der Waals surface area contributed by atoms with E-state index in [1.54, 1.807) is 5.56 Å². The van der Waals surface area contributed by atoms with E-state index in [1.807, 2.05) is 0 Å². The van der Waals surface area contributed by atoms with Gasteiger partial charge in [0.25, 0.3) is 0 Å². The van der Waals surface area contributed by atoms with Crippen molar-refractivity contribution >= 4 is 27.0 Å². The molecule has 17 heavy (non-hydrogen) atoms. The van der Waals surface area contributed by atoms with Crippen LogP contribution in [0.1, 0.15) is 20.7 Å². The van der Waals surface area contributed by atoms with E-state index in [0.29, 0.717) is 0 Å². The Kier molecular flexibility index (Phi) is 3.31. The minimum absolute atomic E-state index is 0.0293. The Labute approximate surface area is 112 Å². The minimum atomic E-state index is -0.0293. The van der Waals surface area contributed by atoms with Crippen molar-refractivity contribution in [1.82, 2.24) is 0 Å². The van der Waals surface area contributed by atoms with Crippen LogP contribution in [0.3, 0.4) is 0 Å². The molecule has 2 aromatic carbocycles. The first-order valence-corrected chi connectivity index (χ1v) is 8.57. The summed E-state index contributed by atoms with van der Waals surface area (Å²) in [4.78, 5) is 0. The Bertz CT molecular complexity index is 528. The average Bonchev–Trinajstić information content (AvgIpc) is 2.40. The van der Waals surface area contributed by atoms with Gasteiger partial charge in [-0.05, 0) is 0 Å². The monoisotopic (exact) mass is 336 g/mol. The zero-order chi connectivity index (χ0) is 11.5. The van der Waals surface area contributed by atoms with Crippen LogP contribution in [0, 0.1) is 0 Å². The standard InChI is InChI=1S/C16H14Te/c1-2-6-13(7-3-1)12-16-15-9-5-4-8-14(15)10-11-17-16/h1-11,16H,12H2. The molecule has 1 aliphatic heterocycles. The molecule has 0 nitrogen and oxygen atoms in total. The third-order valence-electron chi connectivity index (χ3n) is 3.10. The van der Waals surface area contributed by atoms with Crippen molar-refractivity contribution in [3.05, 3.63) is 75.4 Å². The third-order valence-corrected chi connectivity index (χ3v) is 6.07. The molecule has 1 unspecified atom stereocenters. The first-order chi connectivity index (χ1) is 8.43. The van der Waals surface area contributed by atoms with Crippen molar-refractivity contribution in [2.45, 2.75) is 10.4 Å². The average molecular weight is 334 g/mol. The topological polar surface area (TPSA) is 0 Å². The Morgan fingerprint density at radius 3 is 2.53 bits per heavy atom. The molecule has 0 radical (unpaired) electrons. The molecule has 1 heteroatoms. The molecule has 1 atom stereocenters. The normalized spacial score (nSPS) is 17.8. The fourth-order valence-electron chi connectivity index (χ4n) is 2.22. The molecular formula is C16H14Te. The summed E-state index contributed by atoms with van der Waals surface area (Å²) in [5, 5.41) is 0. The predicted octanol–water partition coefficient (Wildman–Crippen LogP) is 3.66. The number of benzene rings is 2. The quantitative estimate of drug-likeness (QED) is 0.736. The van der Waals surface area contributed by atoms with Gasteiger partial charge in [0.1, 0.15) is 0 Å². The fraction of sp³-hybridized carbons (Fsp3) is 0.125. The molecule has 3 rings (SSSR count). The number of hydrogen-bond acceptors (Lipinski definition) is 0. The van der Waals surface area contributed by atoms with Crippen molar-refractivity contribution in [2.75, 3.05) is 0 Å². The van der Waals surface area contributed by atoms with Crippen molar-refractivity contribution in [3.8, 4) is 0 Å². The van der Waals surface area contributed by atoms with Crippen LogP contribution in [0.5, 0.6) is 0 Å². The van der Waals surface area contributed by atoms with E-state index in [4.69, 9.17) is 0 Å². The molecule has 2 aromatic rings. The van der Waals surface area contributed by atoms with Crippen LogP contribution in [0.4, 0.5) is 0 Å². The molecule has 0 saturated carbocycles. The summed E-state index contributed by atoms with van der Waals surface area (Å²) < 4.78 is 3.20. The summed E-state index contributed by atoms with van der Waals surface area (Å²) in [6.45, 7) is 0. The van der Waals surface area contributed by atoms with Crippen LogP contribution >= 0.6 is 0 Å². The summed E-state index contributed by atoms with van der Waals surface area (Å²) in [7, 11) is 0. The van der Waals surface area contributed by atoms with Crippen LogP contribution in [0.2, 0.25) is 0 Å². The first kappa shape index (κ1) is 11.1. The maximum atomic E-state index is 2.43. The summed E-state index contributed by atoms with van der Waals surface area (Å²) in [5.41, 5.74) is 4.44. The zero-order valence-electron chi connectivity index (χ0n) is 9.54. The van der Waals surface area contributed by atoms with E-state index in [0.717, 1.165) is 3.97 Å². The van der Waals surface area contributed by atoms with Gasteiger partial charge in [-0.3, -0.25) is 0 Å². The second kappa shape index (κ2) is 5.08. The maximum absolute atomic E-state index is 2.43. The van der Waals surface area contributed by atoms with Crippen LogP contribution < -0.4 is 0 Å². The van der Waals surface area contributed by atoms with E-state index in [1.165, 1.54) is 17.5 Å². The Balaban J connectivity index is 1.88. The molecule has 1 aliphatic rings. The van der Waals surface area contributed by atoms with E-state index in [-0.39, 0.29) is 20.9 Å². The van der Waals surface area contributed by atoms with Gasteiger partial charge in [-0.2, -0.15) is 0 Å². The molecule has 0 amide bonds. The number of rotatable bonds is 2. The Morgan fingerprint density at radius 1 is 0.882 bits per heavy atom. The first-order valence-electron chi connectivity index (χ1n) is 5.88. The molecule has 0 aliphatic carbocycles. The third kappa shape index (κ3) is 2.46. The molecule has 0 spiro atoms. The summed E-state index contributed by atoms with van der Waals surface area (Å²) in [6.07, 6.45) is 3.50. The van der Waals surface area contributed by atoms with Gasteiger partial charge in [-0.15, -0.1) is 0 Å². The summed E-state index contributed by atoms with van der Waals surface area (Å²) in [5.74, 6) is 0. The van der Waals surface area contributed by atoms with Gasteiger partial charge in [0.2, 0.25) is 0 Å². The van der Waals surface area contributed by atoms with Gasteiger partial charge >= 0.3 is 113 Å². The van der Waals surface area contributed by atoms with Gasteiger partial charge in [-0.1, -0.05) is 0 Å². The van der Waals surface area contributed by atoms with Crippen LogP contribution in [-0.4, -0.2) is 20.9 Å². The second-order valence-corrected chi connectivity index (χ2v) is 7.42. The van der Waals surface area contributed by atoms with E-state index in [2.05, 4.69) is 64.8 Å². The van der Waals surface area contributed by atoms with Gasteiger partial charge in [0.05, 0.1) is 0 Å². The molecule has 1 heterocycles. The zero-order valence-corrected chi connectivity index (χ0v) is 11.9. The van der Waals surface area contributed by atoms with Gasteiger partial charge in [0, 0.05) is 0 Å². The molecule has 0 fully saturated rings. The molecular weight excluding hydrogens is 320 g/mol. The van der Waals surface area contributed by atoms with Crippen molar-refractivity contribution in [3.63, 3.8) is 0 Å².